The maximum Gasteiger partial charge on any atom is 0.257 e. The van der Waals surface area contributed by atoms with Gasteiger partial charge in [0.2, 0.25) is 5.95 Å². The van der Waals surface area contributed by atoms with E-state index in [1.165, 1.54) is 11.1 Å². The summed E-state index contributed by atoms with van der Waals surface area (Å²) in [6.45, 7) is 1.42. The average molecular weight is 384 g/mol. The summed E-state index contributed by atoms with van der Waals surface area (Å²) in [5, 5.41) is 5.62. The Morgan fingerprint density at radius 2 is 2.00 bits per heavy atom. The molecule has 0 spiro atoms. The fraction of sp³-hybridized carbons (Fsp3) is 0.312. The van der Waals surface area contributed by atoms with Gasteiger partial charge in [-0.1, -0.05) is 11.6 Å². The fourth-order valence-electron chi connectivity index (χ4n) is 2.47. The smallest absolute Gasteiger partial charge is 0.257 e. The highest BCUT2D eigenvalue weighted by Gasteiger charge is 2.23. The highest BCUT2D eigenvalue weighted by molar-refractivity contribution is 6.32. The van der Waals surface area contributed by atoms with E-state index < -0.39 is 17.5 Å². The molecular formula is C16H16ClF2N5O2. The van der Waals surface area contributed by atoms with Gasteiger partial charge in [0.15, 0.2) is 0 Å². The topological polar surface area (TPSA) is 79.4 Å². The zero-order chi connectivity index (χ0) is 18.7. The van der Waals surface area contributed by atoms with Crippen molar-refractivity contribution in [1.29, 1.82) is 0 Å². The average Bonchev–Trinajstić information content (AvgIpc) is 2.66. The fourth-order valence-corrected chi connectivity index (χ4v) is 2.65. The van der Waals surface area contributed by atoms with E-state index in [1.54, 1.807) is 7.05 Å². The molecule has 0 radical (unpaired) electrons. The largest absolute Gasteiger partial charge is 0.378 e. The zero-order valence-corrected chi connectivity index (χ0v) is 14.6. The summed E-state index contributed by atoms with van der Waals surface area (Å²) in [6, 6.07) is 1.77. The number of anilines is 3. The second-order valence-electron chi connectivity index (χ2n) is 5.48. The van der Waals surface area contributed by atoms with Crippen LogP contribution in [0.5, 0.6) is 0 Å². The molecule has 1 aliphatic rings. The molecule has 3 rings (SSSR count). The first-order chi connectivity index (χ1) is 12.5. The highest BCUT2D eigenvalue weighted by atomic mass is 35.5. The van der Waals surface area contributed by atoms with E-state index in [9.17, 15) is 13.6 Å². The molecule has 2 aromatic rings. The number of hydrogen-bond donors (Lipinski definition) is 2. The summed E-state index contributed by atoms with van der Waals surface area (Å²) in [7, 11) is 1.62. The molecule has 0 aliphatic carbocycles. The Balaban J connectivity index is 1.84. The van der Waals surface area contributed by atoms with Crippen molar-refractivity contribution in [1.82, 2.24) is 14.9 Å². The Morgan fingerprint density at radius 1 is 1.27 bits per heavy atom. The standard InChI is InChI=1S/C16H16ClF2N5O2/c1-20-14-10(17)8-21-16(23-14)22-13-7-11(18)9(6-12(13)19)15(25)24-2-4-26-5-3-24/h6-8H,2-5H2,1H3,(H2,20,21,22,23). The number of aromatic nitrogens is 2. The Kier molecular flexibility index (Phi) is 5.48. The highest BCUT2D eigenvalue weighted by Crippen LogP contribution is 2.25. The first-order valence-electron chi connectivity index (χ1n) is 7.83. The van der Waals surface area contributed by atoms with Gasteiger partial charge in [0.05, 0.1) is 30.7 Å². The van der Waals surface area contributed by atoms with Crippen LogP contribution in [-0.4, -0.2) is 54.1 Å². The summed E-state index contributed by atoms with van der Waals surface area (Å²) in [4.78, 5) is 21.7. The van der Waals surface area contributed by atoms with Crippen molar-refractivity contribution in [3.8, 4) is 0 Å². The van der Waals surface area contributed by atoms with Crippen molar-refractivity contribution in [2.24, 2.45) is 0 Å². The number of amides is 1. The molecule has 2 heterocycles. The molecule has 10 heteroatoms. The minimum Gasteiger partial charge on any atom is -0.378 e. The van der Waals surface area contributed by atoms with Crippen molar-refractivity contribution in [2.75, 3.05) is 44.0 Å². The summed E-state index contributed by atoms with van der Waals surface area (Å²) in [5.41, 5.74) is -0.520. The van der Waals surface area contributed by atoms with Gasteiger partial charge in [-0.2, -0.15) is 4.98 Å². The predicted octanol–water partition coefficient (Wildman–Crippen LogP) is 2.67. The second kappa shape index (κ2) is 7.79. The van der Waals surface area contributed by atoms with Gasteiger partial charge in [-0.25, -0.2) is 13.8 Å². The third-order valence-corrected chi connectivity index (χ3v) is 4.09. The van der Waals surface area contributed by atoms with Gasteiger partial charge in [-0.15, -0.1) is 0 Å². The lowest BCUT2D eigenvalue weighted by Gasteiger charge is -2.27. The van der Waals surface area contributed by atoms with Crippen molar-refractivity contribution < 1.29 is 18.3 Å². The summed E-state index contributed by atoms with van der Waals surface area (Å²) in [6.07, 6.45) is 1.33. The van der Waals surface area contributed by atoms with Crippen molar-refractivity contribution in [3.63, 3.8) is 0 Å². The minimum absolute atomic E-state index is 0.0318. The molecule has 0 atom stereocenters. The molecule has 0 bridgehead atoms. The van der Waals surface area contributed by atoms with Crippen LogP contribution in [-0.2, 0) is 4.74 Å². The number of hydrogen-bond acceptors (Lipinski definition) is 6. The van der Waals surface area contributed by atoms with Gasteiger partial charge in [-0.3, -0.25) is 4.79 Å². The zero-order valence-electron chi connectivity index (χ0n) is 13.9. The van der Waals surface area contributed by atoms with E-state index in [1.807, 2.05) is 0 Å². The number of halogens is 3. The van der Waals surface area contributed by atoms with E-state index in [0.717, 1.165) is 12.1 Å². The van der Waals surface area contributed by atoms with Crippen LogP contribution in [0, 0.1) is 11.6 Å². The molecule has 0 unspecified atom stereocenters. The second-order valence-corrected chi connectivity index (χ2v) is 5.89. The number of morpholine rings is 1. The predicted molar refractivity (Wildman–Crippen MR) is 93.0 cm³/mol. The van der Waals surface area contributed by atoms with Crippen molar-refractivity contribution >= 4 is 35.0 Å². The minimum atomic E-state index is -0.840. The molecule has 2 N–H and O–H groups in total. The lowest BCUT2D eigenvalue weighted by molar-refractivity contribution is 0.0299. The number of carbonyl (C=O) groups is 1. The van der Waals surface area contributed by atoms with Gasteiger partial charge >= 0.3 is 0 Å². The van der Waals surface area contributed by atoms with Gasteiger partial charge < -0.3 is 20.3 Å². The lowest BCUT2D eigenvalue weighted by atomic mass is 10.1. The summed E-state index contributed by atoms with van der Waals surface area (Å²) in [5.74, 6) is -1.84. The van der Waals surface area contributed by atoms with Crippen LogP contribution < -0.4 is 10.6 Å². The van der Waals surface area contributed by atoms with Crippen LogP contribution >= 0.6 is 11.6 Å². The van der Waals surface area contributed by atoms with E-state index in [2.05, 4.69) is 20.6 Å². The molecule has 1 aromatic carbocycles. The Bertz CT molecular complexity index is 831. The van der Waals surface area contributed by atoms with Crippen LogP contribution in [0.4, 0.5) is 26.2 Å². The number of nitrogens with one attached hydrogen (secondary N) is 2. The number of ether oxygens (including phenoxy) is 1. The van der Waals surface area contributed by atoms with E-state index >= 15 is 0 Å². The monoisotopic (exact) mass is 383 g/mol. The summed E-state index contributed by atoms with van der Waals surface area (Å²) < 4.78 is 33.9. The van der Waals surface area contributed by atoms with Crippen molar-refractivity contribution in [2.45, 2.75) is 0 Å². The first kappa shape index (κ1) is 18.3. The lowest BCUT2D eigenvalue weighted by Crippen LogP contribution is -2.41. The Labute approximate surface area is 153 Å². The maximum atomic E-state index is 14.4. The van der Waals surface area contributed by atoms with Crippen LogP contribution in [0.25, 0.3) is 0 Å². The Hall–Kier alpha value is -2.52. The maximum absolute atomic E-state index is 14.4. The van der Waals surface area contributed by atoms with Crippen LogP contribution in [0.2, 0.25) is 5.02 Å². The molecule has 1 aliphatic heterocycles. The van der Waals surface area contributed by atoms with Crippen LogP contribution in [0.3, 0.4) is 0 Å². The van der Waals surface area contributed by atoms with Crippen molar-refractivity contribution in [3.05, 3.63) is 40.6 Å². The normalized spacial score (nSPS) is 14.2. The molecular weight excluding hydrogens is 368 g/mol. The third-order valence-electron chi connectivity index (χ3n) is 3.81. The number of carbonyl (C=O) groups excluding carboxylic acids is 1. The number of nitrogens with zero attached hydrogens (tertiary/aromatic N) is 3. The van der Waals surface area contributed by atoms with Gasteiger partial charge in [0.1, 0.15) is 22.5 Å². The molecule has 1 fully saturated rings. The van der Waals surface area contributed by atoms with Crippen LogP contribution in [0.15, 0.2) is 18.3 Å². The molecule has 1 amide bonds. The van der Waals surface area contributed by atoms with E-state index in [4.69, 9.17) is 16.3 Å². The van der Waals surface area contributed by atoms with Crippen LogP contribution in [0.1, 0.15) is 10.4 Å². The molecule has 138 valence electrons. The molecule has 26 heavy (non-hydrogen) atoms. The van der Waals surface area contributed by atoms with Gasteiger partial charge in [0.25, 0.3) is 5.91 Å². The van der Waals surface area contributed by atoms with Gasteiger partial charge in [-0.05, 0) is 6.07 Å². The van der Waals surface area contributed by atoms with E-state index in [-0.39, 0.29) is 22.2 Å². The van der Waals surface area contributed by atoms with Gasteiger partial charge in [0, 0.05) is 26.2 Å². The molecule has 1 saturated heterocycles. The molecule has 7 nitrogen and oxygen atoms in total. The summed E-state index contributed by atoms with van der Waals surface area (Å²) >= 11 is 5.88. The third kappa shape index (κ3) is 3.83. The Morgan fingerprint density at radius 3 is 2.69 bits per heavy atom. The SMILES string of the molecule is CNc1nc(Nc2cc(F)c(C(=O)N3CCOCC3)cc2F)ncc1Cl. The quantitative estimate of drug-likeness (QED) is 0.845. The molecule has 0 saturated carbocycles. The number of benzene rings is 1. The number of rotatable bonds is 4. The first-order valence-corrected chi connectivity index (χ1v) is 8.20. The molecule has 1 aromatic heterocycles. The van der Waals surface area contributed by atoms with E-state index in [0.29, 0.717) is 32.1 Å².